The van der Waals surface area contributed by atoms with Gasteiger partial charge in [-0.05, 0) is 44.2 Å². The zero-order chi connectivity index (χ0) is 8.27. The summed E-state index contributed by atoms with van der Waals surface area (Å²) in [5.74, 6) is 2.85. The lowest BCUT2D eigenvalue weighted by Gasteiger charge is -2.32. The van der Waals surface area contributed by atoms with Crippen LogP contribution in [0.15, 0.2) is 0 Å². The molecule has 0 saturated heterocycles. The summed E-state index contributed by atoms with van der Waals surface area (Å²) in [4.78, 5) is 0. The van der Waals surface area contributed by atoms with Gasteiger partial charge >= 0.3 is 0 Å². The van der Waals surface area contributed by atoms with Crippen LogP contribution in [0, 0.1) is 17.8 Å². The molecule has 0 bridgehead atoms. The molecule has 1 aliphatic carbocycles. The predicted molar refractivity (Wildman–Crippen MR) is 51.7 cm³/mol. The van der Waals surface area contributed by atoms with Crippen molar-refractivity contribution in [1.82, 2.24) is 5.32 Å². The first-order chi connectivity index (χ1) is 5.24. The van der Waals surface area contributed by atoms with E-state index in [1.807, 2.05) is 0 Å². The lowest BCUT2D eigenvalue weighted by molar-refractivity contribution is 0.203. The molecule has 0 radical (unpaired) electrons. The monoisotopic (exact) mass is 157 g/mol. The Morgan fingerprint density at radius 2 is 2.09 bits per heavy atom. The summed E-state index contributed by atoms with van der Waals surface area (Å²) in [6, 6.07) is 0. The quantitative estimate of drug-likeness (QED) is 0.649. The van der Waals surface area contributed by atoms with E-state index in [9.17, 15) is 0 Å². The number of rotatable bonds is 2. The summed E-state index contributed by atoms with van der Waals surface area (Å²) < 4.78 is 0. The van der Waals surface area contributed by atoms with Gasteiger partial charge in [-0.2, -0.15) is 0 Å². The minimum atomic E-state index is 0. The van der Waals surface area contributed by atoms with Gasteiger partial charge in [0.1, 0.15) is 0 Å². The van der Waals surface area contributed by atoms with Crippen molar-refractivity contribution in [2.75, 3.05) is 13.6 Å². The fraction of sp³-hybridized carbons (Fsp3) is 1.00. The molecule has 1 unspecified atom stereocenters. The van der Waals surface area contributed by atoms with Gasteiger partial charge in [0, 0.05) is 1.43 Å². The van der Waals surface area contributed by atoms with Crippen LogP contribution < -0.4 is 5.32 Å². The van der Waals surface area contributed by atoms with Crippen LogP contribution in [0.2, 0.25) is 0 Å². The predicted octanol–water partition coefficient (Wildman–Crippen LogP) is 2.52. The molecule has 68 valence electrons. The molecule has 1 N–H and O–H groups in total. The van der Waals surface area contributed by atoms with E-state index in [2.05, 4.69) is 26.2 Å². The Labute approximate surface area is 72.1 Å². The average Bonchev–Trinajstić information content (AvgIpc) is 1.95. The van der Waals surface area contributed by atoms with Crippen molar-refractivity contribution in [1.29, 1.82) is 0 Å². The van der Waals surface area contributed by atoms with Gasteiger partial charge in [-0.15, -0.1) is 0 Å². The van der Waals surface area contributed by atoms with Crippen LogP contribution in [0.5, 0.6) is 0 Å². The van der Waals surface area contributed by atoms with Gasteiger partial charge in [-0.25, -0.2) is 0 Å². The molecule has 1 rings (SSSR count). The van der Waals surface area contributed by atoms with Crippen molar-refractivity contribution < 1.29 is 1.43 Å². The minimum absolute atomic E-state index is 0. The first kappa shape index (κ1) is 9.05. The topological polar surface area (TPSA) is 12.0 Å². The molecule has 0 heterocycles. The average molecular weight is 157 g/mol. The first-order valence-corrected chi connectivity index (χ1v) is 4.88. The van der Waals surface area contributed by atoms with Crippen LogP contribution >= 0.6 is 0 Å². The molecule has 0 aliphatic heterocycles. The van der Waals surface area contributed by atoms with Crippen molar-refractivity contribution in [3.63, 3.8) is 0 Å². The van der Waals surface area contributed by atoms with Gasteiger partial charge in [0.2, 0.25) is 0 Å². The van der Waals surface area contributed by atoms with Gasteiger partial charge in [-0.1, -0.05) is 20.3 Å². The SMILES string of the molecule is CNC[C@@H]1CC[C@@H](C)CC1C.[HH]. The highest BCUT2D eigenvalue weighted by atomic mass is 14.8. The molecule has 0 spiro atoms. The van der Waals surface area contributed by atoms with E-state index in [1.165, 1.54) is 25.8 Å². The molecule has 1 heteroatoms. The number of nitrogens with one attached hydrogen (secondary N) is 1. The van der Waals surface area contributed by atoms with Gasteiger partial charge < -0.3 is 5.32 Å². The fourth-order valence-corrected chi connectivity index (χ4v) is 2.29. The van der Waals surface area contributed by atoms with E-state index in [0.29, 0.717) is 0 Å². The largest absolute Gasteiger partial charge is 0.319 e. The molecule has 0 aromatic carbocycles. The standard InChI is InChI=1S/C10H21N.H2/c1-8-4-5-10(7-11-3)9(2)6-8;/h8-11H,4-7H2,1-3H3;1H/t8-,9?,10+;/m1./s1. The van der Waals surface area contributed by atoms with E-state index in [0.717, 1.165) is 17.8 Å². The summed E-state index contributed by atoms with van der Waals surface area (Å²) >= 11 is 0. The summed E-state index contributed by atoms with van der Waals surface area (Å²) in [6.07, 6.45) is 4.31. The second kappa shape index (κ2) is 4.10. The first-order valence-electron chi connectivity index (χ1n) is 4.88. The summed E-state index contributed by atoms with van der Waals surface area (Å²) in [7, 11) is 2.06. The molecule has 1 saturated carbocycles. The summed E-state index contributed by atoms with van der Waals surface area (Å²) in [5, 5.41) is 3.28. The van der Waals surface area contributed by atoms with Crippen molar-refractivity contribution in [3.05, 3.63) is 0 Å². The Bertz CT molecular complexity index is 116. The third kappa shape index (κ3) is 2.48. The highest BCUT2D eigenvalue weighted by Crippen LogP contribution is 2.32. The minimum Gasteiger partial charge on any atom is -0.319 e. The van der Waals surface area contributed by atoms with Crippen LogP contribution in [0.4, 0.5) is 0 Å². The summed E-state index contributed by atoms with van der Waals surface area (Å²) in [5.41, 5.74) is 0. The maximum atomic E-state index is 3.28. The lowest BCUT2D eigenvalue weighted by atomic mass is 9.76. The highest BCUT2D eigenvalue weighted by Gasteiger charge is 2.24. The molecular formula is C10H23N. The van der Waals surface area contributed by atoms with Crippen molar-refractivity contribution in [2.24, 2.45) is 17.8 Å². The second-order valence-corrected chi connectivity index (χ2v) is 4.21. The Hall–Kier alpha value is -0.0400. The molecule has 3 atom stereocenters. The van der Waals surface area contributed by atoms with Crippen molar-refractivity contribution in [3.8, 4) is 0 Å². The molecule has 1 nitrogen and oxygen atoms in total. The van der Waals surface area contributed by atoms with Crippen LogP contribution in [-0.2, 0) is 0 Å². The third-order valence-electron chi connectivity index (χ3n) is 3.08. The normalized spacial score (nSPS) is 39.0. The zero-order valence-electron chi connectivity index (χ0n) is 8.06. The second-order valence-electron chi connectivity index (χ2n) is 4.21. The van der Waals surface area contributed by atoms with Crippen molar-refractivity contribution in [2.45, 2.75) is 33.1 Å². The smallest absolute Gasteiger partial charge is 0 e. The maximum Gasteiger partial charge on any atom is 0 e. The van der Waals surface area contributed by atoms with Crippen molar-refractivity contribution >= 4 is 0 Å². The van der Waals surface area contributed by atoms with Gasteiger partial charge in [-0.3, -0.25) is 0 Å². The Morgan fingerprint density at radius 3 is 2.64 bits per heavy atom. The number of hydrogen-bond donors (Lipinski definition) is 1. The third-order valence-corrected chi connectivity index (χ3v) is 3.08. The van der Waals surface area contributed by atoms with E-state index < -0.39 is 0 Å². The van der Waals surface area contributed by atoms with Gasteiger partial charge in [0.25, 0.3) is 0 Å². The Kier molecular flexibility index (Phi) is 3.38. The van der Waals surface area contributed by atoms with E-state index in [4.69, 9.17) is 0 Å². The number of hydrogen-bond acceptors (Lipinski definition) is 1. The molecule has 0 aromatic heterocycles. The maximum absolute atomic E-state index is 3.28. The lowest BCUT2D eigenvalue weighted by Crippen LogP contribution is -2.29. The Morgan fingerprint density at radius 1 is 1.36 bits per heavy atom. The molecule has 1 aliphatic rings. The van der Waals surface area contributed by atoms with Crippen LogP contribution in [0.1, 0.15) is 34.5 Å². The molecule has 1 fully saturated rings. The van der Waals surface area contributed by atoms with E-state index >= 15 is 0 Å². The van der Waals surface area contributed by atoms with Gasteiger partial charge in [0.15, 0.2) is 0 Å². The summed E-state index contributed by atoms with van der Waals surface area (Å²) in [6.45, 7) is 6.00. The van der Waals surface area contributed by atoms with Crippen LogP contribution in [-0.4, -0.2) is 13.6 Å². The van der Waals surface area contributed by atoms with E-state index in [1.54, 1.807) is 0 Å². The van der Waals surface area contributed by atoms with E-state index in [-0.39, 0.29) is 1.43 Å². The van der Waals surface area contributed by atoms with Gasteiger partial charge in [0.05, 0.1) is 0 Å². The highest BCUT2D eigenvalue weighted by molar-refractivity contribution is 4.76. The Balaban J connectivity index is 0.00000121. The molecule has 0 amide bonds. The zero-order valence-corrected chi connectivity index (χ0v) is 8.06. The van der Waals surface area contributed by atoms with Crippen LogP contribution in [0.25, 0.3) is 0 Å². The molecule has 11 heavy (non-hydrogen) atoms. The van der Waals surface area contributed by atoms with Crippen LogP contribution in [0.3, 0.4) is 0 Å². The molecule has 0 aromatic rings. The fourth-order valence-electron chi connectivity index (χ4n) is 2.29. The molecular weight excluding hydrogens is 134 g/mol.